The SMILES string of the molecule is COc1ccccc1C(N)Cn1cnc2c1CCCC2. The summed E-state index contributed by atoms with van der Waals surface area (Å²) < 4.78 is 7.61. The van der Waals surface area contributed by atoms with Gasteiger partial charge in [-0.1, -0.05) is 18.2 Å². The number of rotatable bonds is 4. The van der Waals surface area contributed by atoms with Crippen LogP contribution in [0.4, 0.5) is 0 Å². The first-order valence-corrected chi connectivity index (χ1v) is 7.21. The van der Waals surface area contributed by atoms with Crippen molar-refractivity contribution in [2.45, 2.75) is 38.3 Å². The minimum absolute atomic E-state index is 0.0774. The summed E-state index contributed by atoms with van der Waals surface area (Å²) in [5.41, 5.74) is 10.0. The summed E-state index contributed by atoms with van der Waals surface area (Å²) in [6.07, 6.45) is 6.66. The van der Waals surface area contributed by atoms with Crippen molar-refractivity contribution in [1.82, 2.24) is 9.55 Å². The van der Waals surface area contributed by atoms with Gasteiger partial charge in [-0.15, -0.1) is 0 Å². The molecule has 4 nitrogen and oxygen atoms in total. The monoisotopic (exact) mass is 271 g/mol. The number of nitrogens with two attached hydrogens (primary N) is 1. The van der Waals surface area contributed by atoms with Crippen LogP contribution in [0.25, 0.3) is 0 Å². The molecule has 4 heteroatoms. The molecule has 0 fully saturated rings. The van der Waals surface area contributed by atoms with Crippen LogP contribution in [-0.4, -0.2) is 16.7 Å². The highest BCUT2D eigenvalue weighted by atomic mass is 16.5. The maximum atomic E-state index is 6.37. The Morgan fingerprint density at radius 1 is 1.30 bits per heavy atom. The number of aromatic nitrogens is 2. The van der Waals surface area contributed by atoms with Crippen molar-refractivity contribution in [2.75, 3.05) is 7.11 Å². The maximum absolute atomic E-state index is 6.37. The van der Waals surface area contributed by atoms with Crippen LogP contribution in [-0.2, 0) is 19.4 Å². The predicted octanol–water partition coefficient (Wildman–Crippen LogP) is 2.47. The first kappa shape index (κ1) is 13.2. The number of nitrogens with zero attached hydrogens (tertiary/aromatic N) is 2. The third-order valence-corrected chi connectivity index (χ3v) is 4.04. The quantitative estimate of drug-likeness (QED) is 0.929. The molecule has 1 heterocycles. The van der Waals surface area contributed by atoms with Gasteiger partial charge in [0.25, 0.3) is 0 Å². The van der Waals surface area contributed by atoms with Crippen LogP contribution < -0.4 is 10.5 Å². The van der Waals surface area contributed by atoms with Crippen LogP contribution in [0.3, 0.4) is 0 Å². The predicted molar refractivity (Wildman–Crippen MR) is 78.8 cm³/mol. The summed E-state index contributed by atoms with van der Waals surface area (Å²) >= 11 is 0. The number of hydrogen-bond acceptors (Lipinski definition) is 3. The molecule has 3 rings (SSSR count). The minimum atomic E-state index is -0.0774. The molecule has 106 valence electrons. The Bertz CT molecular complexity index is 591. The van der Waals surface area contributed by atoms with E-state index in [1.807, 2.05) is 30.6 Å². The number of ether oxygens (including phenoxy) is 1. The minimum Gasteiger partial charge on any atom is -0.496 e. The number of para-hydroxylation sites is 1. The molecule has 1 aliphatic carbocycles. The lowest BCUT2D eigenvalue weighted by Crippen LogP contribution is -2.20. The number of aryl methyl sites for hydroxylation is 1. The number of hydrogen-bond donors (Lipinski definition) is 1. The Labute approximate surface area is 119 Å². The molecule has 1 aromatic heterocycles. The Morgan fingerprint density at radius 2 is 2.10 bits per heavy atom. The van der Waals surface area contributed by atoms with Gasteiger partial charge in [0.2, 0.25) is 0 Å². The molecule has 1 aromatic carbocycles. The molecular formula is C16H21N3O. The van der Waals surface area contributed by atoms with Crippen molar-refractivity contribution in [3.63, 3.8) is 0 Å². The van der Waals surface area contributed by atoms with Crippen LogP contribution >= 0.6 is 0 Å². The van der Waals surface area contributed by atoms with Gasteiger partial charge in [0, 0.05) is 17.8 Å². The van der Waals surface area contributed by atoms with Crippen molar-refractivity contribution in [1.29, 1.82) is 0 Å². The van der Waals surface area contributed by atoms with Crippen molar-refractivity contribution >= 4 is 0 Å². The normalized spacial score (nSPS) is 15.7. The molecule has 1 atom stereocenters. The van der Waals surface area contributed by atoms with Gasteiger partial charge in [-0.25, -0.2) is 4.98 Å². The average Bonchev–Trinajstić information content (AvgIpc) is 2.90. The third kappa shape index (κ3) is 2.43. The smallest absolute Gasteiger partial charge is 0.123 e. The van der Waals surface area contributed by atoms with Crippen LogP contribution in [0.1, 0.15) is 35.8 Å². The first-order valence-electron chi connectivity index (χ1n) is 7.21. The second-order valence-electron chi connectivity index (χ2n) is 5.35. The largest absolute Gasteiger partial charge is 0.496 e. The zero-order valence-corrected chi connectivity index (χ0v) is 11.9. The molecule has 0 amide bonds. The molecule has 0 spiro atoms. The highest BCUT2D eigenvalue weighted by molar-refractivity contribution is 5.35. The Morgan fingerprint density at radius 3 is 2.95 bits per heavy atom. The van der Waals surface area contributed by atoms with E-state index in [0.29, 0.717) is 0 Å². The van der Waals surface area contributed by atoms with Gasteiger partial charge in [0.15, 0.2) is 0 Å². The highest BCUT2D eigenvalue weighted by Gasteiger charge is 2.18. The summed E-state index contributed by atoms with van der Waals surface area (Å²) in [6, 6.07) is 7.88. The van der Waals surface area contributed by atoms with E-state index in [9.17, 15) is 0 Å². The van der Waals surface area contributed by atoms with Gasteiger partial charge in [-0.2, -0.15) is 0 Å². The fourth-order valence-electron chi connectivity index (χ4n) is 2.97. The fraction of sp³-hybridized carbons (Fsp3) is 0.438. The summed E-state index contributed by atoms with van der Waals surface area (Å²) in [7, 11) is 1.69. The van der Waals surface area contributed by atoms with E-state index in [0.717, 1.165) is 30.7 Å². The summed E-state index contributed by atoms with van der Waals surface area (Å²) in [4.78, 5) is 4.52. The zero-order chi connectivity index (χ0) is 13.9. The van der Waals surface area contributed by atoms with Gasteiger partial charge < -0.3 is 15.0 Å². The van der Waals surface area contributed by atoms with E-state index in [-0.39, 0.29) is 6.04 Å². The topological polar surface area (TPSA) is 53.1 Å². The summed E-state index contributed by atoms with van der Waals surface area (Å²) in [5.74, 6) is 0.856. The standard InChI is InChI=1S/C16H21N3O/c1-20-16-9-5-2-6-12(16)13(17)10-19-11-18-14-7-3-4-8-15(14)19/h2,5-6,9,11,13H,3-4,7-8,10,17H2,1H3. The van der Waals surface area contributed by atoms with Crippen molar-refractivity contribution < 1.29 is 4.74 Å². The second kappa shape index (κ2) is 5.67. The van der Waals surface area contributed by atoms with E-state index < -0.39 is 0 Å². The molecule has 0 bridgehead atoms. The molecule has 0 saturated carbocycles. The zero-order valence-electron chi connectivity index (χ0n) is 11.9. The Balaban J connectivity index is 1.82. The van der Waals surface area contributed by atoms with E-state index in [1.165, 1.54) is 24.2 Å². The summed E-state index contributed by atoms with van der Waals surface area (Å²) in [6.45, 7) is 0.753. The molecular weight excluding hydrogens is 250 g/mol. The van der Waals surface area contributed by atoms with Gasteiger partial charge in [-0.05, 0) is 31.7 Å². The first-order chi connectivity index (χ1) is 9.79. The molecule has 20 heavy (non-hydrogen) atoms. The van der Waals surface area contributed by atoms with Crippen LogP contribution in [0, 0.1) is 0 Å². The van der Waals surface area contributed by atoms with Gasteiger partial charge in [0.1, 0.15) is 5.75 Å². The molecule has 0 radical (unpaired) electrons. The van der Waals surface area contributed by atoms with Gasteiger partial charge in [0.05, 0.1) is 25.2 Å². The molecule has 0 saturated heterocycles. The molecule has 0 aliphatic heterocycles. The second-order valence-corrected chi connectivity index (χ2v) is 5.35. The number of fused-ring (bicyclic) bond motifs is 1. The molecule has 1 unspecified atom stereocenters. The van der Waals surface area contributed by atoms with Crippen molar-refractivity contribution in [3.05, 3.63) is 47.5 Å². The summed E-state index contributed by atoms with van der Waals surface area (Å²) in [5, 5.41) is 0. The maximum Gasteiger partial charge on any atom is 0.123 e. The van der Waals surface area contributed by atoms with E-state index in [4.69, 9.17) is 10.5 Å². The number of imidazole rings is 1. The molecule has 2 N–H and O–H groups in total. The third-order valence-electron chi connectivity index (χ3n) is 4.04. The van der Waals surface area contributed by atoms with Crippen molar-refractivity contribution in [2.24, 2.45) is 5.73 Å². The van der Waals surface area contributed by atoms with Crippen LogP contribution in [0.5, 0.6) is 5.75 Å². The number of benzene rings is 1. The Kier molecular flexibility index (Phi) is 3.74. The Hall–Kier alpha value is -1.81. The fourth-order valence-corrected chi connectivity index (χ4v) is 2.97. The van der Waals surface area contributed by atoms with Crippen LogP contribution in [0.2, 0.25) is 0 Å². The average molecular weight is 271 g/mol. The van der Waals surface area contributed by atoms with Crippen LogP contribution in [0.15, 0.2) is 30.6 Å². The van der Waals surface area contributed by atoms with Crippen molar-refractivity contribution in [3.8, 4) is 5.75 Å². The highest BCUT2D eigenvalue weighted by Crippen LogP contribution is 2.26. The van der Waals surface area contributed by atoms with Gasteiger partial charge >= 0.3 is 0 Å². The lowest BCUT2D eigenvalue weighted by atomic mass is 10.0. The van der Waals surface area contributed by atoms with E-state index in [1.54, 1.807) is 7.11 Å². The lowest BCUT2D eigenvalue weighted by molar-refractivity contribution is 0.401. The lowest BCUT2D eigenvalue weighted by Gasteiger charge is -2.19. The molecule has 1 aliphatic rings. The number of methoxy groups -OCH3 is 1. The molecule has 2 aromatic rings. The van der Waals surface area contributed by atoms with E-state index >= 15 is 0 Å². The van der Waals surface area contributed by atoms with Gasteiger partial charge in [-0.3, -0.25) is 0 Å². The van der Waals surface area contributed by atoms with E-state index in [2.05, 4.69) is 9.55 Å².